The van der Waals surface area contributed by atoms with E-state index in [2.05, 4.69) is 44.5 Å². The van der Waals surface area contributed by atoms with Crippen molar-refractivity contribution < 1.29 is 0 Å². The molecule has 1 heterocycles. The van der Waals surface area contributed by atoms with Crippen LogP contribution in [0.5, 0.6) is 0 Å². The van der Waals surface area contributed by atoms with E-state index in [1.165, 1.54) is 25.9 Å². The Balaban J connectivity index is 2.29. The third kappa shape index (κ3) is 4.26. The van der Waals surface area contributed by atoms with Crippen LogP contribution in [0.3, 0.4) is 0 Å². The molecule has 16 heavy (non-hydrogen) atoms. The molecule has 0 spiro atoms. The molecule has 0 bridgehead atoms. The van der Waals surface area contributed by atoms with Gasteiger partial charge >= 0.3 is 0 Å². The van der Waals surface area contributed by atoms with Crippen molar-refractivity contribution in [1.82, 2.24) is 10.2 Å². The van der Waals surface area contributed by atoms with Crippen LogP contribution < -0.4 is 5.32 Å². The quantitative estimate of drug-likeness (QED) is 0.739. The van der Waals surface area contributed by atoms with Crippen LogP contribution >= 0.6 is 0 Å². The molecule has 1 fully saturated rings. The van der Waals surface area contributed by atoms with Crippen molar-refractivity contribution in [2.75, 3.05) is 19.6 Å². The fourth-order valence-corrected chi connectivity index (χ4v) is 2.07. The molecule has 1 rings (SSSR count). The highest BCUT2D eigenvalue weighted by Crippen LogP contribution is 2.21. The molecule has 0 aromatic rings. The smallest absolute Gasteiger partial charge is 0.0160 e. The third-order valence-electron chi connectivity index (χ3n) is 3.76. The van der Waals surface area contributed by atoms with Gasteiger partial charge in [-0.2, -0.15) is 0 Å². The highest BCUT2D eigenvalue weighted by molar-refractivity contribution is 4.85. The van der Waals surface area contributed by atoms with Crippen molar-refractivity contribution in [1.29, 1.82) is 0 Å². The molecule has 2 heteroatoms. The van der Waals surface area contributed by atoms with Gasteiger partial charge < -0.3 is 5.32 Å². The maximum Gasteiger partial charge on any atom is 0.0160 e. The largest absolute Gasteiger partial charge is 0.311 e. The molecular weight excluding hydrogens is 196 g/mol. The first-order chi connectivity index (χ1) is 7.43. The van der Waals surface area contributed by atoms with Crippen LogP contribution in [-0.4, -0.2) is 36.6 Å². The molecule has 94 valence electrons. The fourth-order valence-electron chi connectivity index (χ4n) is 2.07. The summed E-state index contributed by atoms with van der Waals surface area (Å²) >= 11 is 0. The average Bonchev–Trinajstić information content (AvgIpc) is 2.20. The predicted octanol–water partition coefficient (Wildman–Crippen LogP) is 2.66. The molecule has 0 saturated carbocycles. The summed E-state index contributed by atoms with van der Waals surface area (Å²) < 4.78 is 0. The van der Waals surface area contributed by atoms with Gasteiger partial charge in [0, 0.05) is 18.6 Å². The Kier molecular flexibility index (Phi) is 5.00. The number of nitrogens with one attached hydrogen (secondary N) is 1. The summed E-state index contributed by atoms with van der Waals surface area (Å²) in [6.45, 7) is 16.5. The van der Waals surface area contributed by atoms with Crippen LogP contribution in [0.4, 0.5) is 0 Å². The van der Waals surface area contributed by atoms with Gasteiger partial charge in [0.05, 0.1) is 0 Å². The molecule has 0 aromatic carbocycles. The summed E-state index contributed by atoms with van der Waals surface area (Å²) in [6, 6.07) is 1.29. The van der Waals surface area contributed by atoms with E-state index >= 15 is 0 Å². The maximum atomic E-state index is 3.80. The molecule has 1 unspecified atom stereocenters. The Labute approximate surface area is 101 Å². The number of hydrogen-bond acceptors (Lipinski definition) is 2. The van der Waals surface area contributed by atoms with Gasteiger partial charge in [-0.25, -0.2) is 0 Å². The molecule has 1 aliphatic heterocycles. The highest BCUT2D eigenvalue weighted by atomic mass is 15.1. The lowest BCUT2D eigenvalue weighted by molar-refractivity contribution is 0.182. The minimum Gasteiger partial charge on any atom is -0.311 e. The molecule has 1 saturated heterocycles. The standard InChI is InChI=1S/C14H28N2/c1-6-9-16-10-7-13(8-11-16)15-12(2)14(3,4)5/h6,12-13,15H,1,7-11H2,2-5H3. The second-order valence-corrected chi connectivity index (χ2v) is 6.12. The van der Waals surface area contributed by atoms with Gasteiger partial charge in [0.25, 0.3) is 0 Å². The second-order valence-electron chi connectivity index (χ2n) is 6.12. The van der Waals surface area contributed by atoms with Crippen LogP contribution in [0, 0.1) is 5.41 Å². The van der Waals surface area contributed by atoms with E-state index in [1.54, 1.807) is 0 Å². The SMILES string of the molecule is C=CCN1CCC(NC(C)C(C)(C)C)CC1. The van der Waals surface area contributed by atoms with Crippen molar-refractivity contribution in [2.24, 2.45) is 5.41 Å². The lowest BCUT2D eigenvalue weighted by Crippen LogP contribution is -2.49. The van der Waals surface area contributed by atoms with Gasteiger partial charge in [-0.3, -0.25) is 4.90 Å². The topological polar surface area (TPSA) is 15.3 Å². The van der Waals surface area contributed by atoms with E-state index < -0.39 is 0 Å². The van der Waals surface area contributed by atoms with Gasteiger partial charge in [0.1, 0.15) is 0 Å². The predicted molar refractivity (Wildman–Crippen MR) is 71.7 cm³/mol. The Bertz CT molecular complexity index is 209. The molecule has 1 aliphatic rings. The summed E-state index contributed by atoms with van der Waals surface area (Å²) in [7, 11) is 0. The first-order valence-corrected chi connectivity index (χ1v) is 6.53. The Morgan fingerprint density at radius 2 is 1.94 bits per heavy atom. The lowest BCUT2D eigenvalue weighted by atomic mass is 9.87. The first kappa shape index (κ1) is 13.7. The lowest BCUT2D eigenvalue weighted by Gasteiger charge is -2.37. The second kappa shape index (κ2) is 5.83. The normalized spacial score (nSPS) is 22.0. The molecule has 0 aliphatic carbocycles. The molecule has 1 N–H and O–H groups in total. The third-order valence-corrected chi connectivity index (χ3v) is 3.76. The molecule has 0 aromatic heterocycles. The van der Waals surface area contributed by atoms with Crippen molar-refractivity contribution in [2.45, 2.75) is 52.6 Å². The van der Waals surface area contributed by atoms with E-state index in [-0.39, 0.29) is 0 Å². The number of hydrogen-bond donors (Lipinski definition) is 1. The van der Waals surface area contributed by atoms with Crippen LogP contribution in [0.15, 0.2) is 12.7 Å². The minimum atomic E-state index is 0.359. The summed E-state index contributed by atoms with van der Waals surface area (Å²) in [6.07, 6.45) is 4.55. The molecule has 2 nitrogen and oxygen atoms in total. The van der Waals surface area contributed by atoms with Crippen LogP contribution in [0.25, 0.3) is 0 Å². The van der Waals surface area contributed by atoms with E-state index in [4.69, 9.17) is 0 Å². The zero-order valence-corrected chi connectivity index (χ0v) is 11.4. The van der Waals surface area contributed by atoms with Crippen LogP contribution in [-0.2, 0) is 0 Å². The summed E-state index contributed by atoms with van der Waals surface area (Å²) in [5, 5.41) is 3.77. The zero-order chi connectivity index (χ0) is 12.2. The van der Waals surface area contributed by atoms with E-state index in [9.17, 15) is 0 Å². The van der Waals surface area contributed by atoms with Crippen LogP contribution in [0.1, 0.15) is 40.5 Å². The van der Waals surface area contributed by atoms with Gasteiger partial charge in [-0.05, 0) is 38.3 Å². The van der Waals surface area contributed by atoms with E-state index in [0.29, 0.717) is 17.5 Å². The number of rotatable bonds is 4. The molecular formula is C14H28N2. The number of piperidine rings is 1. The van der Waals surface area contributed by atoms with E-state index in [0.717, 1.165) is 6.54 Å². The van der Waals surface area contributed by atoms with Crippen molar-refractivity contribution in [3.05, 3.63) is 12.7 Å². The first-order valence-electron chi connectivity index (χ1n) is 6.53. The van der Waals surface area contributed by atoms with E-state index in [1.807, 2.05) is 6.08 Å². The van der Waals surface area contributed by atoms with Crippen molar-refractivity contribution in [3.8, 4) is 0 Å². The summed E-state index contributed by atoms with van der Waals surface area (Å²) in [4.78, 5) is 2.48. The summed E-state index contributed by atoms with van der Waals surface area (Å²) in [5.74, 6) is 0. The van der Waals surface area contributed by atoms with Gasteiger partial charge in [0.15, 0.2) is 0 Å². The monoisotopic (exact) mass is 224 g/mol. The Hall–Kier alpha value is -0.340. The fraction of sp³-hybridized carbons (Fsp3) is 0.857. The molecule has 0 amide bonds. The zero-order valence-electron chi connectivity index (χ0n) is 11.4. The van der Waals surface area contributed by atoms with Gasteiger partial charge in [-0.15, -0.1) is 6.58 Å². The van der Waals surface area contributed by atoms with Gasteiger partial charge in [-0.1, -0.05) is 26.8 Å². The highest BCUT2D eigenvalue weighted by Gasteiger charge is 2.25. The molecule has 0 radical (unpaired) electrons. The number of likely N-dealkylation sites (tertiary alicyclic amines) is 1. The van der Waals surface area contributed by atoms with Crippen molar-refractivity contribution in [3.63, 3.8) is 0 Å². The number of nitrogens with zero attached hydrogens (tertiary/aromatic N) is 1. The minimum absolute atomic E-state index is 0.359. The van der Waals surface area contributed by atoms with Gasteiger partial charge in [0.2, 0.25) is 0 Å². The Morgan fingerprint density at radius 3 is 2.38 bits per heavy atom. The average molecular weight is 224 g/mol. The summed E-state index contributed by atoms with van der Waals surface area (Å²) in [5.41, 5.74) is 0.359. The Morgan fingerprint density at radius 1 is 1.38 bits per heavy atom. The molecule has 1 atom stereocenters. The van der Waals surface area contributed by atoms with Crippen molar-refractivity contribution >= 4 is 0 Å². The van der Waals surface area contributed by atoms with Crippen LogP contribution in [0.2, 0.25) is 0 Å². The maximum absolute atomic E-state index is 3.80.